The summed E-state index contributed by atoms with van der Waals surface area (Å²) in [5, 5.41) is 6.93. The van der Waals surface area contributed by atoms with Crippen molar-refractivity contribution >= 4 is 34.9 Å². The van der Waals surface area contributed by atoms with Crippen LogP contribution in [0.15, 0.2) is 30.3 Å². The van der Waals surface area contributed by atoms with Gasteiger partial charge in [0.05, 0.1) is 0 Å². The molecule has 0 unspecified atom stereocenters. The lowest BCUT2D eigenvalue weighted by Crippen LogP contribution is -2.33. The van der Waals surface area contributed by atoms with Gasteiger partial charge in [-0.2, -0.15) is 9.97 Å². The maximum Gasteiger partial charge on any atom is 0.232 e. The number of hydrogen-bond donors (Lipinski definition) is 2. The second-order valence-electron chi connectivity index (χ2n) is 7.77. The largest absolute Gasteiger partial charge is 0.385 e. The van der Waals surface area contributed by atoms with Gasteiger partial charge in [0.15, 0.2) is 5.11 Å². The highest BCUT2D eigenvalue weighted by atomic mass is 32.1. The SMILES string of the molecule is COCCCNC(=S)Nc1nc(N2CCCC2)cc(N2CCc3ccccc3C2)n1. The van der Waals surface area contributed by atoms with Crippen molar-refractivity contribution in [1.29, 1.82) is 0 Å². The summed E-state index contributed by atoms with van der Waals surface area (Å²) < 4.78 is 5.08. The van der Waals surface area contributed by atoms with Crippen molar-refractivity contribution in [2.45, 2.75) is 32.2 Å². The zero-order chi connectivity index (χ0) is 20.8. The van der Waals surface area contributed by atoms with Crippen molar-refractivity contribution < 1.29 is 4.74 Å². The van der Waals surface area contributed by atoms with Crippen molar-refractivity contribution in [3.63, 3.8) is 0 Å². The van der Waals surface area contributed by atoms with E-state index in [1.807, 2.05) is 0 Å². The minimum Gasteiger partial charge on any atom is -0.385 e. The van der Waals surface area contributed by atoms with Crippen LogP contribution in [-0.4, -0.2) is 55.0 Å². The predicted octanol–water partition coefficient (Wildman–Crippen LogP) is 2.96. The van der Waals surface area contributed by atoms with Crippen LogP contribution in [0.25, 0.3) is 0 Å². The average Bonchev–Trinajstić information content (AvgIpc) is 3.31. The molecule has 2 aromatic rings. The Morgan fingerprint density at radius 3 is 2.57 bits per heavy atom. The normalized spacial score (nSPS) is 15.8. The first kappa shape index (κ1) is 20.8. The third kappa shape index (κ3) is 5.17. The zero-order valence-corrected chi connectivity index (χ0v) is 18.4. The van der Waals surface area contributed by atoms with Gasteiger partial charge in [-0.15, -0.1) is 0 Å². The smallest absolute Gasteiger partial charge is 0.232 e. The van der Waals surface area contributed by atoms with Crippen molar-refractivity contribution in [2.24, 2.45) is 0 Å². The quantitative estimate of drug-likeness (QED) is 0.518. The Morgan fingerprint density at radius 2 is 1.80 bits per heavy atom. The highest BCUT2D eigenvalue weighted by Crippen LogP contribution is 2.28. The molecule has 1 fully saturated rings. The third-order valence-electron chi connectivity index (χ3n) is 5.62. The van der Waals surface area contributed by atoms with Crippen LogP contribution in [-0.2, 0) is 17.7 Å². The van der Waals surface area contributed by atoms with E-state index in [1.165, 1.54) is 24.0 Å². The molecular weight excluding hydrogens is 396 g/mol. The van der Waals surface area contributed by atoms with Crippen LogP contribution in [0.4, 0.5) is 17.6 Å². The number of rotatable bonds is 7. The highest BCUT2D eigenvalue weighted by molar-refractivity contribution is 7.80. The first-order chi connectivity index (χ1) is 14.7. The summed E-state index contributed by atoms with van der Waals surface area (Å²) in [4.78, 5) is 14.2. The van der Waals surface area contributed by atoms with Crippen LogP contribution in [0, 0.1) is 0 Å². The van der Waals surface area contributed by atoms with E-state index in [2.05, 4.69) is 50.8 Å². The number of benzene rings is 1. The molecule has 30 heavy (non-hydrogen) atoms. The first-order valence-electron chi connectivity index (χ1n) is 10.7. The topological polar surface area (TPSA) is 65.6 Å². The fraction of sp³-hybridized carbons (Fsp3) is 0.500. The van der Waals surface area contributed by atoms with E-state index < -0.39 is 0 Å². The van der Waals surface area contributed by atoms with E-state index in [9.17, 15) is 0 Å². The van der Waals surface area contributed by atoms with Crippen LogP contribution < -0.4 is 20.4 Å². The molecule has 0 saturated carbocycles. The number of nitrogens with zero attached hydrogens (tertiary/aromatic N) is 4. The summed E-state index contributed by atoms with van der Waals surface area (Å²) in [6, 6.07) is 10.8. The van der Waals surface area contributed by atoms with Gasteiger partial charge in [-0.1, -0.05) is 24.3 Å². The Kier molecular flexibility index (Phi) is 6.96. The molecule has 2 aliphatic heterocycles. The van der Waals surface area contributed by atoms with Crippen molar-refractivity contribution in [3.05, 3.63) is 41.5 Å². The molecule has 0 radical (unpaired) electrons. The summed E-state index contributed by atoms with van der Waals surface area (Å²) >= 11 is 5.45. The van der Waals surface area contributed by atoms with Crippen molar-refractivity contribution in [2.75, 3.05) is 55.0 Å². The van der Waals surface area contributed by atoms with Gasteiger partial charge in [-0.05, 0) is 49.0 Å². The number of thiocarbonyl (C=S) groups is 1. The van der Waals surface area contributed by atoms with Crippen LogP contribution >= 0.6 is 12.2 Å². The van der Waals surface area contributed by atoms with Gasteiger partial charge >= 0.3 is 0 Å². The molecule has 2 aliphatic rings. The van der Waals surface area contributed by atoms with Gasteiger partial charge < -0.3 is 25.2 Å². The molecule has 0 atom stereocenters. The molecule has 8 heteroatoms. The van der Waals surface area contributed by atoms with Crippen molar-refractivity contribution in [3.8, 4) is 0 Å². The second-order valence-corrected chi connectivity index (χ2v) is 8.18. The van der Waals surface area contributed by atoms with E-state index in [4.69, 9.17) is 26.9 Å². The molecule has 1 saturated heterocycles. The standard InChI is InChI=1S/C22H30N6OS/c1-29-14-6-10-23-22(30)26-21-24-19(27-11-4-5-12-27)15-20(25-21)28-13-9-17-7-2-3-8-18(17)16-28/h2-3,7-8,15H,4-6,9-14,16H2,1H3,(H2,23,24,25,26,30). The minimum absolute atomic E-state index is 0.541. The average molecular weight is 427 g/mol. The Morgan fingerprint density at radius 1 is 1.07 bits per heavy atom. The Bertz CT molecular complexity index is 870. The van der Waals surface area contributed by atoms with Crippen LogP contribution in [0.3, 0.4) is 0 Å². The number of ether oxygens (including phenoxy) is 1. The Hall–Kier alpha value is -2.45. The van der Waals surface area contributed by atoms with Gasteiger partial charge in [-0.25, -0.2) is 0 Å². The van der Waals surface area contributed by atoms with E-state index >= 15 is 0 Å². The Balaban J connectivity index is 1.52. The first-order valence-corrected chi connectivity index (χ1v) is 11.1. The summed E-state index contributed by atoms with van der Waals surface area (Å²) in [6.07, 6.45) is 4.34. The molecule has 0 aliphatic carbocycles. The van der Waals surface area contributed by atoms with E-state index in [1.54, 1.807) is 7.11 Å². The molecule has 0 bridgehead atoms. The maximum absolute atomic E-state index is 5.45. The van der Waals surface area contributed by atoms with Crippen LogP contribution in [0.2, 0.25) is 0 Å². The van der Waals surface area contributed by atoms with Gasteiger partial charge in [0.25, 0.3) is 0 Å². The lowest BCUT2D eigenvalue weighted by atomic mass is 10.00. The summed E-state index contributed by atoms with van der Waals surface area (Å²) in [6.45, 7) is 5.35. The molecule has 2 N–H and O–H groups in total. The van der Waals surface area contributed by atoms with E-state index in [0.29, 0.717) is 17.7 Å². The molecule has 1 aromatic carbocycles. The van der Waals surface area contributed by atoms with Crippen LogP contribution in [0.1, 0.15) is 30.4 Å². The minimum atomic E-state index is 0.541. The number of fused-ring (bicyclic) bond motifs is 1. The summed E-state index contributed by atoms with van der Waals surface area (Å²) in [5.41, 5.74) is 2.80. The number of nitrogens with one attached hydrogen (secondary N) is 2. The number of aromatic nitrogens is 2. The lowest BCUT2D eigenvalue weighted by molar-refractivity contribution is 0.196. The number of hydrogen-bond acceptors (Lipinski definition) is 6. The van der Waals surface area contributed by atoms with Gasteiger partial charge in [0.2, 0.25) is 5.95 Å². The zero-order valence-electron chi connectivity index (χ0n) is 17.6. The van der Waals surface area contributed by atoms with Gasteiger partial charge in [0.1, 0.15) is 11.6 Å². The number of methoxy groups -OCH3 is 1. The fourth-order valence-electron chi connectivity index (χ4n) is 4.00. The lowest BCUT2D eigenvalue weighted by Gasteiger charge is -2.30. The maximum atomic E-state index is 5.45. The second kappa shape index (κ2) is 10.0. The molecular formula is C22H30N6OS. The third-order valence-corrected chi connectivity index (χ3v) is 5.87. The van der Waals surface area contributed by atoms with Gasteiger partial charge in [-0.3, -0.25) is 0 Å². The summed E-state index contributed by atoms with van der Waals surface area (Å²) in [5.74, 6) is 2.48. The fourth-order valence-corrected chi connectivity index (χ4v) is 4.20. The molecule has 4 rings (SSSR count). The monoisotopic (exact) mass is 426 g/mol. The molecule has 0 spiro atoms. The van der Waals surface area contributed by atoms with Crippen LogP contribution in [0.5, 0.6) is 0 Å². The van der Waals surface area contributed by atoms with Gasteiger partial charge in [0, 0.05) is 52.5 Å². The van der Waals surface area contributed by atoms with E-state index in [0.717, 1.165) is 57.2 Å². The van der Waals surface area contributed by atoms with E-state index in [-0.39, 0.29) is 0 Å². The molecule has 3 heterocycles. The van der Waals surface area contributed by atoms with Crippen molar-refractivity contribution in [1.82, 2.24) is 15.3 Å². The molecule has 1 aromatic heterocycles. The Labute approximate surface area is 183 Å². The summed E-state index contributed by atoms with van der Waals surface area (Å²) in [7, 11) is 1.70. The molecule has 160 valence electrons. The number of anilines is 3. The molecule has 7 nitrogen and oxygen atoms in total. The molecule has 0 amide bonds. The highest BCUT2D eigenvalue weighted by Gasteiger charge is 2.21. The predicted molar refractivity (Wildman–Crippen MR) is 125 cm³/mol.